The molecule has 0 heterocycles. The van der Waals surface area contributed by atoms with Crippen LogP contribution >= 0.6 is 23.2 Å². The lowest BCUT2D eigenvalue weighted by atomic mass is 10.1. The first-order valence-corrected chi connectivity index (χ1v) is 5.25. The normalized spacial score (nSPS) is 12.3. The first-order valence-electron chi connectivity index (χ1n) is 4.34. The van der Waals surface area contributed by atoms with Gasteiger partial charge < -0.3 is 5.32 Å². The number of carbonyl (C=O) groups excluding carboxylic acids is 1. The molecule has 0 radical (unpaired) electrons. The van der Waals surface area contributed by atoms with Gasteiger partial charge in [0.15, 0.2) is 0 Å². The largest absolute Gasteiger partial charge is 0.349 e. The van der Waals surface area contributed by atoms with Gasteiger partial charge in [0.05, 0.1) is 6.04 Å². The summed E-state index contributed by atoms with van der Waals surface area (Å²) < 4.78 is 13.0. The van der Waals surface area contributed by atoms with E-state index in [1.165, 1.54) is 12.1 Å². The van der Waals surface area contributed by atoms with Crippen LogP contribution in [0.4, 0.5) is 4.39 Å². The first-order chi connectivity index (χ1) is 7.02. The van der Waals surface area contributed by atoms with E-state index in [0.717, 1.165) is 0 Å². The van der Waals surface area contributed by atoms with E-state index in [1.54, 1.807) is 13.0 Å². The van der Waals surface area contributed by atoms with Gasteiger partial charge in [-0.2, -0.15) is 0 Å². The molecule has 1 aromatic carbocycles. The second-order valence-corrected chi connectivity index (χ2v) is 3.83. The Morgan fingerprint density at radius 1 is 1.53 bits per heavy atom. The fourth-order valence-electron chi connectivity index (χ4n) is 1.19. The maximum absolute atomic E-state index is 13.0. The smallest absolute Gasteiger partial charge is 0.235 e. The Balaban J connectivity index is 2.81. The van der Waals surface area contributed by atoms with Gasteiger partial charge in [0.1, 0.15) is 11.7 Å². The van der Waals surface area contributed by atoms with Gasteiger partial charge >= 0.3 is 0 Å². The molecule has 0 spiro atoms. The summed E-state index contributed by atoms with van der Waals surface area (Å²) in [6.45, 7) is 1.73. The van der Waals surface area contributed by atoms with E-state index < -0.39 is 5.82 Å². The highest BCUT2D eigenvalue weighted by Gasteiger charge is 2.10. The van der Waals surface area contributed by atoms with Crippen molar-refractivity contribution in [2.75, 3.05) is 5.88 Å². The standard InChI is InChI=1S/C10H10Cl2FNO/c1-6(14-10(15)5-11)7-2-8(12)4-9(13)3-7/h2-4,6H,5H2,1H3,(H,14,15). The molecule has 1 aromatic rings. The lowest BCUT2D eigenvalue weighted by molar-refractivity contribution is -0.119. The van der Waals surface area contributed by atoms with Gasteiger partial charge in [-0.3, -0.25) is 4.79 Å². The van der Waals surface area contributed by atoms with Crippen LogP contribution in [0.25, 0.3) is 0 Å². The van der Waals surface area contributed by atoms with Gasteiger partial charge in [-0.15, -0.1) is 11.6 Å². The molecule has 2 nitrogen and oxygen atoms in total. The van der Waals surface area contributed by atoms with Crippen LogP contribution in [0, 0.1) is 5.82 Å². The molecular formula is C10H10Cl2FNO. The van der Waals surface area contributed by atoms with Crippen molar-refractivity contribution in [1.82, 2.24) is 5.32 Å². The van der Waals surface area contributed by atoms with Gasteiger partial charge in [0, 0.05) is 5.02 Å². The van der Waals surface area contributed by atoms with Crippen LogP contribution in [-0.2, 0) is 4.79 Å². The Labute approximate surface area is 97.4 Å². The van der Waals surface area contributed by atoms with E-state index in [-0.39, 0.29) is 17.8 Å². The summed E-state index contributed by atoms with van der Waals surface area (Å²) >= 11 is 11.0. The van der Waals surface area contributed by atoms with Gasteiger partial charge in [0.2, 0.25) is 5.91 Å². The number of alkyl halides is 1. The van der Waals surface area contributed by atoms with Gasteiger partial charge in [-0.25, -0.2) is 4.39 Å². The van der Waals surface area contributed by atoms with Crippen molar-refractivity contribution in [2.45, 2.75) is 13.0 Å². The fourth-order valence-corrected chi connectivity index (χ4v) is 1.50. The minimum atomic E-state index is -0.426. The van der Waals surface area contributed by atoms with Crippen LogP contribution in [0.2, 0.25) is 5.02 Å². The monoisotopic (exact) mass is 249 g/mol. The number of hydrogen-bond donors (Lipinski definition) is 1. The van der Waals surface area contributed by atoms with E-state index in [0.29, 0.717) is 10.6 Å². The third-order valence-corrected chi connectivity index (χ3v) is 2.34. The van der Waals surface area contributed by atoms with Crippen LogP contribution < -0.4 is 5.32 Å². The third kappa shape index (κ3) is 3.68. The summed E-state index contributed by atoms with van der Waals surface area (Å²) in [7, 11) is 0. The molecular weight excluding hydrogens is 240 g/mol. The second-order valence-electron chi connectivity index (χ2n) is 3.13. The average Bonchev–Trinajstić information content (AvgIpc) is 2.16. The quantitative estimate of drug-likeness (QED) is 0.821. The molecule has 1 rings (SSSR count). The summed E-state index contributed by atoms with van der Waals surface area (Å²) in [6, 6.07) is 3.82. The molecule has 0 aliphatic rings. The molecule has 1 atom stereocenters. The lowest BCUT2D eigenvalue weighted by Gasteiger charge is -2.13. The molecule has 82 valence electrons. The number of halogens is 3. The topological polar surface area (TPSA) is 29.1 Å². The molecule has 0 aliphatic carbocycles. The summed E-state index contributed by atoms with van der Waals surface area (Å²) in [5.41, 5.74) is 0.610. The lowest BCUT2D eigenvalue weighted by Crippen LogP contribution is -2.27. The summed E-state index contributed by atoms with van der Waals surface area (Å²) in [5, 5.41) is 2.91. The zero-order valence-electron chi connectivity index (χ0n) is 8.06. The zero-order chi connectivity index (χ0) is 11.4. The molecule has 0 aromatic heterocycles. The molecule has 1 amide bonds. The van der Waals surface area contributed by atoms with Gasteiger partial charge in [-0.1, -0.05) is 11.6 Å². The molecule has 0 bridgehead atoms. The molecule has 0 fully saturated rings. The van der Waals surface area contributed by atoms with Crippen molar-refractivity contribution in [3.05, 3.63) is 34.6 Å². The Kier molecular flexibility index (Phi) is 4.36. The number of carbonyl (C=O) groups is 1. The second kappa shape index (κ2) is 5.33. The van der Waals surface area contributed by atoms with Gasteiger partial charge in [-0.05, 0) is 30.7 Å². The highest BCUT2D eigenvalue weighted by atomic mass is 35.5. The Morgan fingerprint density at radius 3 is 2.73 bits per heavy atom. The minimum Gasteiger partial charge on any atom is -0.349 e. The van der Waals surface area contributed by atoms with Crippen molar-refractivity contribution in [3.63, 3.8) is 0 Å². The van der Waals surface area contributed by atoms with E-state index in [4.69, 9.17) is 23.2 Å². The predicted octanol–water partition coefficient (Wildman–Crippen LogP) is 2.90. The Bertz CT molecular complexity index is 350. The number of amides is 1. The van der Waals surface area contributed by atoms with Crippen molar-refractivity contribution < 1.29 is 9.18 Å². The van der Waals surface area contributed by atoms with Crippen LogP contribution in [-0.4, -0.2) is 11.8 Å². The molecule has 0 saturated heterocycles. The number of hydrogen-bond acceptors (Lipinski definition) is 1. The highest BCUT2D eigenvalue weighted by molar-refractivity contribution is 6.30. The van der Waals surface area contributed by atoms with E-state index in [9.17, 15) is 9.18 Å². The summed E-state index contributed by atoms with van der Waals surface area (Å²) in [5.74, 6) is -0.845. The van der Waals surface area contributed by atoms with Crippen LogP contribution in [0.5, 0.6) is 0 Å². The maximum atomic E-state index is 13.0. The summed E-state index contributed by atoms with van der Waals surface area (Å²) in [4.78, 5) is 11.0. The number of benzene rings is 1. The van der Waals surface area contributed by atoms with Crippen molar-refractivity contribution in [1.29, 1.82) is 0 Å². The fraction of sp³-hybridized carbons (Fsp3) is 0.300. The van der Waals surface area contributed by atoms with Crippen molar-refractivity contribution in [3.8, 4) is 0 Å². The number of rotatable bonds is 3. The molecule has 1 N–H and O–H groups in total. The molecule has 1 unspecified atom stereocenters. The molecule has 0 aliphatic heterocycles. The third-order valence-electron chi connectivity index (χ3n) is 1.88. The van der Waals surface area contributed by atoms with Gasteiger partial charge in [0.25, 0.3) is 0 Å². The van der Waals surface area contributed by atoms with Crippen LogP contribution in [0.15, 0.2) is 18.2 Å². The van der Waals surface area contributed by atoms with Crippen molar-refractivity contribution in [2.24, 2.45) is 0 Å². The Hall–Kier alpha value is -0.800. The molecule has 0 saturated carbocycles. The molecule has 5 heteroatoms. The molecule has 15 heavy (non-hydrogen) atoms. The van der Waals surface area contributed by atoms with E-state index in [2.05, 4.69) is 5.32 Å². The first kappa shape index (κ1) is 12.3. The average molecular weight is 250 g/mol. The minimum absolute atomic E-state index is 0.118. The zero-order valence-corrected chi connectivity index (χ0v) is 9.57. The van der Waals surface area contributed by atoms with E-state index >= 15 is 0 Å². The van der Waals surface area contributed by atoms with Crippen LogP contribution in [0.3, 0.4) is 0 Å². The maximum Gasteiger partial charge on any atom is 0.235 e. The van der Waals surface area contributed by atoms with E-state index in [1.807, 2.05) is 0 Å². The highest BCUT2D eigenvalue weighted by Crippen LogP contribution is 2.19. The SMILES string of the molecule is CC(NC(=O)CCl)c1cc(F)cc(Cl)c1. The summed E-state index contributed by atoms with van der Waals surface area (Å²) in [6.07, 6.45) is 0. The van der Waals surface area contributed by atoms with Crippen LogP contribution in [0.1, 0.15) is 18.5 Å². The van der Waals surface area contributed by atoms with Crippen molar-refractivity contribution >= 4 is 29.1 Å². The Morgan fingerprint density at radius 2 is 2.20 bits per heavy atom. The number of nitrogens with one attached hydrogen (secondary N) is 1. The predicted molar refractivity (Wildman–Crippen MR) is 58.7 cm³/mol.